The van der Waals surface area contributed by atoms with Gasteiger partial charge in [0.05, 0.1) is 18.5 Å². The Hall–Kier alpha value is -2.30. The Bertz CT molecular complexity index is 632. The molecule has 0 atom stereocenters. The van der Waals surface area contributed by atoms with Crippen LogP contribution in [0, 0.1) is 12.8 Å². The number of ether oxygens (including phenoxy) is 1. The molecule has 0 aliphatic rings. The van der Waals surface area contributed by atoms with Crippen molar-refractivity contribution in [1.29, 1.82) is 0 Å². The van der Waals surface area contributed by atoms with E-state index in [2.05, 4.69) is 15.5 Å². The summed E-state index contributed by atoms with van der Waals surface area (Å²) < 4.78 is 5.23. The molecular formula is C16H21N3O2. The van der Waals surface area contributed by atoms with E-state index in [1.54, 1.807) is 7.11 Å². The number of H-pyrrole nitrogens is 1. The zero-order chi connectivity index (χ0) is 15.4. The second-order valence-corrected chi connectivity index (χ2v) is 5.45. The lowest BCUT2D eigenvalue weighted by atomic mass is 10.1. The summed E-state index contributed by atoms with van der Waals surface area (Å²) in [6, 6.07) is 7.61. The van der Waals surface area contributed by atoms with Crippen molar-refractivity contribution in [3.05, 3.63) is 30.0 Å². The zero-order valence-corrected chi connectivity index (χ0v) is 12.9. The number of aromatic nitrogens is 2. The SMILES string of the molecule is COc1cccc(-c2n[nH]c(C)c2NC(=O)CC(C)C)c1. The van der Waals surface area contributed by atoms with Crippen LogP contribution in [0.25, 0.3) is 11.3 Å². The number of carbonyl (C=O) groups excluding carboxylic acids is 1. The van der Waals surface area contributed by atoms with Crippen molar-refractivity contribution in [1.82, 2.24) is 10.2 Å². The Morgan fingerprint density at radius 1 is 1.43 bits per heavy atom. The van der Waals surface area contributed by atoms with Gasteiger partial charge >= 0.3 is 0 Å². The Balaban J connectivity index is 2.31. The number of nitrogens with zero attached hydrogens (tertiary/aromatic N) is 1. The highest BCUT2D eigenvalue weighted by Gasteiger charge is 2.16. The van der Waals surface area contributed by atoms with Gasteiger partial charge in [-0.1, -0.05) is 26.0 Å². The second kappa shape index (κ2) is 6.43. The van der Waals surface area contributed by atoms with E-state index < -0.39 is 0 Å². The van der Waals surface area contributed by atoms with E-state index in [1.807, 2.05) is 45.0 Å². The Labute approximate surface area is 124 Å². The van der Waals surface area contributed by atoms with E-state index >= 15 is 0 Å². The fourth-order valence-corrected chi connectivity index (χ4v) is 2.12. The van der Waals surface area contributed by atoms with Crippen LogP contribution in [0.15, 0.2) is 24.3 Å². The molecule has 0 spiro atoms. The largest absolute Gasteiger partial charge is 0.497 e. The van der Waals surface area contributed by atoms with Crippen LogP contribution in [0.3, 0.4) is 0 Å². The molecule has 112 valence electrons. The third kappa shape index (κ3) is 3.62. The molecule has 0 radical (unpaired) electrons. The van der Waals surface area contributed by atoms with Crippen LogP contribution in [0.2, 0.25) is 0 Å². The molecule has 0 fully saturated rings. The Morgan fingerprint density at radius 3 is 2.86 bits per heavy atom. The Kier molecular flexibility index (Phi) is 4.62. The number of hydrogen-bond acceptors (Lipinski definition) is 3. The maximum atomic E-state index is 12.0. The van der Waals surface area contributed by atoms with Crippen molar-refractivity contribution in [2.24, 2.45) is 5.92 Å². The number of anilines is 1. The molecule has 0 saturated heterocycles. The van der Waals surface area contributed by atoms with Crippen molar-refractivity contribution in [3.8, 4) is 17.0 Å². The lowest BCUT2D eigenvalue weighted by molar-refractivity contribution is -0.116. The fraction of sp³-hybridized carbons (Fsp3) is 0.375. The number of rotatable bonds is 5. The summed E-state index contributed by atoms with van der Waals surface area (Å²) in [6.45, 7) is 5.93. The molecule has 5 heteroatoms. The molecular weight excluding hydrogens is 266 g/mol. The van der Waals surface area contributed by atoms with E-state index in [9.17, 15) is 4.79 Å². The number of amides is 1. The number of carbonyl (C=O) groups is 1. The molecule has 1 amide bonds. The quantitative estimate of drug-likeness (QED) is 0.886. The number of methoxy groups -OCH3 is 1. The predicted molar refractivity (Wildman–Crippen MR) is 83.4 cm³/mol. The van der Waals surface area contributed by atoms with Gasteiger partial charge in [-0.3, -0.25) is 9.89 Å². The third-order valence-electron chi connectivity index (χ3n) is 3.15. The first-order valence-electron chi connectivity index (χ1n) is 7.00. The van der Waals surface area contributed by atoms with Gasteiger partial charge in [0.15, 0.2) is 0 Å². The van der Waals surface area contributed by atoms with Gasteiger partial charge in [0.25, 0.3) is 0 Å². The second-order valence-electron chi connectivity index (χ2n) is 5.45. The van der Waals surface area contributed by atoms with Crippen LogP contribution < -0.4 is 10.1 Å². The minimum atomic E-state index is -0.00125. The van der Waals surface area contributed by atoms with Crippen LogP contribution in [0.1, 0.15) is 26.0 Å². The van der Waals surface area contributed by atoms with Crippen molar-refractivity contribution < 1.29 is 9.53 Å². The van der Waals surface area contributed by atoms with Gasteiger partial charge in [-0.05, 0) is 25.0 Å². The number of benzene rings is 1. The maximum absolute atomic E-state index is 12.0. The molecule has 0 unspecified atom stereocenters. The molecule has 1 heterocycles. The van der Waals surface area contributed by atoms with Gasteiger partial charge in [-0.15, -0.1) is 0 Å². The topological polar surface area (TPSA) is 67.0 Å². The van der Waals surface area contributed by atoms with E-state index in [0.717, 1.165) is 28.4 Å². The number of nitrogens with one attached hydrogen (secondary N) is 2. The lowest BCUT2D eigenvalue weighted by Crippen LogP contribution is -2.14. The van der Waals surface area contributed by atoms with Gasteiger partial charge in [0, 0.05) is 12.0 Å². The van der Waals surface area contributed by atoms with Crippen molar-refractivity contribution in [2.45, 2.75) is 27.2 Å². The zero-order valence-electron chi connectivity index (χ0n) is 12.9. The van der Waals surface area contributed by atoms with Crippen molar-refractivity contribution in [3.63, 3.8) is 0 Å². The highest BCUT2D eigenvalue weighted by Crippen LogP contribution is 2.30. The van der Waals surface area contributed by atoms with Gasteiger partial charge in [-0.2, -0.15) is 5.10 Å². The molecule has 0 saturated carbocycles. The standard InChI is InChI=1S/C16H21N3O2/c1-10(2)8-14(20)17-15-11(3)18-19-16(15)12-6-5-7-13(9-12)21-4/h5-7,9-10H,8H2,1-4H3,(H,17,20)(H,18,19). The fourth-order valence-electron chi connectivity index (χ4n) is 2.12. The average molecular weight is 287 g/mol. The normalized spacial score (nSPS) is 10.7. The number of aromatic amines is 1. The summed E-state index contributed by atoms with van der Waals surface area (Å²) in [7, 11) is 1.63. The first kappa shape index (κ1) is 15.1. The average Bonchev–Trinajstić information content (AvgIpc) is 2.79. The number of aryl methyl sites for hydroxylation is 1. The summed E-state index contributed by atoms with van der Waals surface area (Å²) in [4.78, 5) is 12.0. The van der Waals surface area contributed by atoms with Gasteiger partial charge in [0.2, 0.25) is 5.91 Å². The van der Waals surface area contributed by atoms with E-state index in [0.29, 0.717) is 12.3 Å². The molecule has 0 bridgehead atoms. The van der Waals surface area contributed by atoms with E-state index in [-0.39, 0.29) is 5.91 Å². The monoisotopic (exact) mass is 287 g/mol. The summed E-state index contributed by atoms with van der Waals surface area (Å²) in [5.74, 6) is 1.07. The first-order valence-corrected chi connectivity index (χ1v) is 7.00. The van der Waals surface area contributed by atoms with Gasteiger partial charge in [0.1, 0.15) is 11.4 Å². The molecule has 0 aliphatic carbocycles. The highest BCUT2D eigenvalue weighted by molar-refractivity contribution is 5.95. The predicted octanol–water partition coefficient (Wildman–Crippen LogP) is 3.38. The smallest absolute Gasteiger partial charge is 0.224 e. The molecule has 21 heavy (non-hydrogen) atoms. The molecule has 2 aromatic rings. The van der Waals surface area contributed by atoms with E-state index in [4.69, 9.17) is 4.74 Å². The molecule has 2 N–H and O–H groups in total. The highest BCUT2D eigenvalue weighted by atomic mass is 16.5. The number of hydrogen-bond donors (Lipinski definition) is 2. The molecule has 0 aliphatic heterocycles. The third-order valence-corrected chi connectivity index (χ3v) is 3.15. The molecule has 1 aromatic heterocycles. The summed E-state index contributed by atoms with van der Waals surface area (Å²) in [5, 5.41) is 10.2. The molecule has 2 rings (SSSR count). The van der Waals surface area contributed by atoms with Gasteiger partial charge < -0.3 is 10.1 Å². The molecule has 1 aromatic carbocycles. The van der Waals surface area contributed by atoms with Gasteiger partial charge in [-0.25, -0.2) is 0 Å². The summed E-state index contributed by atoms with van der Waals surface area (Å²) >= 11 is 0. The summed E-state index contributed by atoms with van der Waals surface area (Å²) in [5.41, 5.74) is 3.20. The van der Waals surface area contributed by atoms with Crippen molar-refractivity contribution in [2.75, 3.05) is 12.4 Å². The molecule has 5 nitrogen and oxygen atoms in total. The van der Waals surface area contributed by atoms with Crippen LogP contribution in [-0.4, -0.2) is 23.2 Å². The maximum Gasteiger partial charge on any atom is 0.224 e. The minimum absolute atomic E-state index is 0.00125. The van der Waals surface area contributed by atoms with Crippen LogP contribution in [0.4, 0.5) is 5.69 Å². The van der Waals surface area contributed by atoms with Crippen LogP contribution in [0.5, 0.6) is 5.75 Å². The summed E-state index contributed by atoms with van der Waals surface area (Å²) in [6.07, 6.45) is 0.488. The van der Waals surface area contributed by atoms with Crippen molar-refractivity contribution >= 4 is 11.6 Å². The van der Waals surface area contributed by atoms with E-state index in [1.165, 1.54) is 0 Å². The Morgan fingerprint density at radius 2 is 2.19 bits per heavy atom. The lowest BCUT2D eigenvalue weighted by Gasteiger charge is -2.09. The van der Waals surface area contributed by atoms with Crippen LogP contribution in [-0.2, 0) is 4.79 Å². The van der Waals surface area contributed by atoms with Crippen LogP contribution >= 0.6 is 0 Å². The minimum Gasteiger partial charge on any atom is -0.497 e. The first-order chi connectivity index (χ1) is 10.0.